The van der Waals surface area contributed by atoms with Crippen molar-refractivity contribution in [2.24, 2.45) is 0 Å². The molecule has 0 aliphatic carbocycles. The molecular formula is C12H15F4NO4. The van der Waals surface area contributed by atoms with Gasteiger partial charge in [-0.3, -0.25) is 0 Å². The molecule has 0 aliphatic rings. The van der Waals surface area contributed by atoms with Crippen molar-refractivity contribution in [1.82, 2.24) is 5.32 Å². The summed E-state index contributed by atoms with van der Waals surface area (Å²) in [7, 11) is 0. The van der Waals surface area contributed by atoms with Gasteiger partial charge in [0.05, 0.1) is 12.7 Å². The van der Waals surface area contributed by atoms with Gasteiger partial charge in [0.15, 0.2) is 0 Å². The van der Waals surface area contributed by atoms with Crippen LogP contribution in [0.1, 0.15) is 5.56 Å². The molecule has 3 N–H and O–H groups in total. The molecule has 0 fully saturated rings. The molecule has 1 aromatic rings. The molecule has 1 rings (SSSR count). The number of benzene rings is 1. The number of halogens is 4. The van der Waals surface area contributed by atoms with Gasteiger partial charge in [0.1, 0.15) is 11.5 Å². The lowest BCUT2D eigenvalue weighted by Crippen LogP contribution is -2.29. The number of aliphatic hydroxyl groups is 2. The standard InChI is InChI=1S/C12H15F4NO4/c13-11(14)20-9-2-1-7(4-17-5-8(19)6-18)10(3-9)21-12(15)16/h1-3,8,11-12,17-19H,4-6H2. The van der Waals surface area contributed by atoms with E-state index in [0.717, 1.165) is 6.07 Å². The van der Waals surface area contributed by atoms with Crippen molar-refractivity contribution in [2.75, 3.05) is 13.2 Å². The zero-order valence-electron chi connectivity index (χ0n) is 10.8. The first-order valence-electron chi connectivity index (χ1n) is 5.94. The van der Waals surface area contributed by atoms with E-state index in [4.69, 9.17) is 10.2 Å². The summed E-state index contributed by atoms with van der Waals surface area (Å²) >= 11 is 0. The molecule has 9 heteroatoms. The van der Waals surface area contributed by atoms with Crippen LogP contribution in [0.25, 0.3) is 0 Å². The molecule has 5 nitrogen and oxygen atoms in total. The van der Waals surface area contributed by atoms with Crippen molar-refractivity contribution in [3.05, 3.63) is 23.8 Å². The van der Waals surface area contributed by atoms with Crippen LogP contribution in [0.5, 0.6) is 11.5 Å². The van der Waals surface area contributed by atoms with Gasteiger partial charge in [-0.1, -0.05) is 6.07 Å². The maximum absolute atomic E-state index is 12.3. The molecule has 0 radical (unpaired) electrons. The van der Waals surface area contributed by atoms with Crippen molar-refractivity contribution in [1.29, 1.82) is 0 Å². The third-order valence-electron chi connectivity index (χ3n) is 2.39. The smallest absolute Gasteiger partial charge is 0.387 e. The molecular weight excluding hydrogens is 298 g/mol. The van der Waals surface area contributed by atoms with E-state index in [-0.39, 0.29) is 30.2 Å². The Morgan fingerprint density at radius 2 is 1.76 bits per heavy atom. The normalized spacial score (nSPS) is 12.8. The quantitative estimate of drug-likeness (QED) is 0.600. The zero-order chi connectivity index (χ0) is 15.8. The van der Waals surface area contributed by atoms with Gasteiger partial charge in [0, 0.05) is 24.7 Å². The molecule has 0 aliphatic heterocycles. The van der Waals surface area contributed by atoms with Crippen LogP contribution in [0.2, 0.25) is 0 Å². The van der Waals surface area contributed by atoms with Crippen molar-refractivity contribution in [2.45, 2.75) is 25.9 Å². The molecule has 0 saturated heterocycles. The summed E-state index contributed by atoms with van der Waals surface area (Å²) in [6.45, 7) is -6.58. The largest absolute Gasteiger partial charge is 0.435 e. The molecule has 120 valence electrons. The molecule has 0 saturated carbocycles. The fourth-order valence-electron chi connectivity index (χ4n) is 1.50. The number of ether oxygens (including phenoxy) is 2. The van der Waals surface area contributed by atoms with E-state index in [1.165, 1.54) is 12.1 Å². The SMILES string of the molecule is OCC(O)CNCc1ccc(OC(F)F)cc1OC(F)F. The average molecular weight is 313 g/mol. The second kappa shape index (κ2) is 8.65. The minimum Gasteiger partial charge on any atom is -0.435 e. The Morgan fingerprint density at radius 1 is 1.10 bits per heavy atom. The Kier molecular flexibility index (Phi) is 7.20. The highest BCUT2D eigenvalue weighted by Crippen LogP contribution is 2.27. The molecule has 0 aromatic heterocycles. The molecule has 1 unspecified atom stereocenters. The van der Waals surface area contributed by atoms with E-state index in [0.29, 0.717) is 0 Å². The Labute approximate surface area is 118 Å². The van der Waals surface area contributed by atoms with Gasteiger partial charge in [-0.15, -0.1) is 0 Å². The van der Waals surface area contributed by atoms with Crippen LogP contribution in [0.4, 0.5) is 17.6 Å². The fraction of sp³-hybridized carbons (Fsp3) is 0.500. The molecule has 21 heavy (non-hydrogen) atoms. The van der Waals surface area contributed by atoms with Crippen molar-refractivity contribution in [3.8, 4) is 11.5 Å². The molecule has 1 atom stereocenters. The average Bonchev–Trinajstić information content (AvgIpc) is 2.39. The van der Waals surface area contributed by atoms with Crippen LogP contribution < -0.4 is 14.8 Å². The second-order valence-corrected chi connectivity index (χ2v) is 3.99. The maximum Gasteiger partial charge on any atom is 0.387 e. The zero-order valence-corrected chi connectivity index (χ0v) is 10.8. The molecule has 0 heterocycles. The van der Waals surface area contributed by atoms with Crippen molar-refractivity contribution < 1.29 is 37.2 Å². The minimum absolute atomic E-state index is 0.0277. The van der Waals surface area contributed by atoms with E-state index in [2.05, 4.69) is 14.8 Å². The first-order valence-corrected chi connectivity index (χ1v) is 5.94. The van der Waals surface area contributed by atoms with Crippen LogP contribution in [-0.4, -0.2) is 42.7 Å². The predicted octanol–water partition coefficient (Wildman–Crippen LogP) is 1.33. The van der Waals surface area contributed by atoms with Gasteiger partial charge in [-0.25, -0.2) is 0 Å². The maximum atomic E-state index is 12.3. The van der Waals surface area contributed by atoms with Gasteiger partial charge in [-0.2, -0.15) is 17.6 Å². The number of nitrogens with one attached hydrogen (secondary N) is 1. The molecule has 0 amide bonds. The van der Waals surface area contributed by atoms with E-state index < -0.39 is 25.9 Å². The highest BCUT2D eigenvalue weighted by molar-refractivity contribution is 5.40. The van der Waals surface area contributed by atoms with Crippen LogP contribution >= 0.6 is 0 Å². The van der Waals surface area contributed by atoms with E-state index >= 15 is 0 Å². The lowest BCUT2D eigenvalue weighted by molar-refractivity contribution is -0.0547. The van der Waals surface area contributed by atoms with Crippen LogP contribution in [0, 0.1) is 0 Å². The first-order chi connectivity index (χ1) is 9.92. The first kappa shape index (κ1) is 17.5. The Hall–Kier alpha value is -1.58. The molecule has 0 spiro atoms. The van der Waals surface area contributed by atoms with Gasteiger partial charge in [0.25, 0.3) is 0 Å². The number of rotatable bonds is 9. The highest BCUT2D eigenvalue weighted by Gasteiger charge is 2.13. The lowest BCUT2D eigenvalue weighted by atomic mass is 10.2. The summed E-state index contributed by atoms with van der Waals surface area (Å²) in [6, 6.07) is 3.40. The summed E-state index contributed by atoms with van der Waals surface area (Å²) in [6.07, 6.45) is -0.995. The van der Waals surface area contributed by atoms with Gasteiger partial charge >= 0.3 is 13.2 Å². The number of alkyl halides is 4. The Balaban J connectivity index is 2.76. The van der Waals surface area contributed by atoms with Crippen molar-refractivity contribution in [3.63, 3.8) is 0 Å². The summed E-state index contributed by atoms with van der Waals surface area (Å²) in [5.41, 5.74) is 0.266. The van der Waals surface area contributed by atoms with Gasteiger partial charge in [0.2, 0.25) is 0 Å². The number of hydrogen-bond acceptors (Lipinski definition) is 5. The van der Waals surface area contributed by atoms with Crippen molar-refractivity contribution >= 4 is 0 Å². The van der Waals surface area contributed by atoms with E-state index in [1.807, 2.05) is 0 Å². The Bertz CT molecular complexity index is 434. The Morgan fingerprint density at radius 3 is 2.33 bits per heavy atom. The highest BCUT2D eigenvalue weighted by atomic mass is 19.3. The fourth-order valence-corrected chi connectivity index (χ4v) is 1.50. The van der Waals surface area contributed by atoms with Crippen LogP contribution in [-0.2, 0) is 6.54 Å². The van der Waals surface area contributed by atoms with Crippen LogP contribution in [0.15, 0.2) is 18.2 Å². The topological polar surface area (TPSA) is 71.0 Å². The predicted molar refractivity (Wildman–Crippen MR) is 64.5 cm³/mol. The molecule has 1 aromatic carbocycles. The molecule has 0 bridgehead atoms. The summed E-state index contributed by atoms with van der Waals surface area (Å²) in [5, 5.41) is 20.5. The van der Waals surface area contributed by atoms with Gasteiger partial charge < -0.3 is 25.0 Å². The summed E-state index contributed by atoms with van der Waals surface area (Å²) in [4.78, 5) is 0. The third kappa shape index (κ3) is 6.61. The summed E-state index contributed by atoms with van der Waals surface area (Å²) < 4.78 is 57.1. The second-order valence-electron chi connectivity index (χ2n) is 3.99. The third-order valence-corrected chi connectivity index (χ3v) is 2.39. The van der Waals surface area contributed by atoms with Gasteiger partial charge in [-0.05, 0) is 6.07 Å². The van der Waals surface area contributed by atoms with E-state index in [9.17, 15) is 17.6 Å². The lowest BCUT2D eigenvalue weighted by Gasteiger charge is -2.14. The number of aliphatic hydroxyl groups excluding tert-OH is 2. The minimum atomic E-state index is -3.12. The van der Waals surface area contributed by atoms with E-state index in [1.54, 1.807) is 0 Å². The number of hydrogen-bond donors (Lipinski definition) is 3. The van der Waals surface area contributed by atoms with Crippen LogP contribution in [0.3, 0.4) is 0 Å². The summed E-state index contributed by atoms with van der Waals surface area (Å²) in [5.74, 6) is -0.617. The monoisotopic (exact) mass is 313 g/mol.